The Labute approximate surface area is 182 Å². The van der Waals surface area contributed by atoms with Crippen LogP contribution in [0.4, 0.5) is 0 Å². The van der Waals surface area contributed by atoms with Crippen LogP contribution in [-0.4, -0.2) is 54.4 Å². The summed E-state index contributed by atoms with van der Waals surface area (Å²) in [6.07, 6.45) is 4.00. The SMILES string of the molecule is CC(C)CC1NC2(CCN(S(=O)(=O)c3cccc(Cl)c3Cl)CC2)N(C2CC2)C1=O. The van der Waals surface area contributed by atoms with E-state index in [1.807, 2.05) is 4.90 Å². The van der Waals surface area contributed by atoms with Crippen LogP contribution < -0.4 is 5.32 Å². The molecule has 1 atom stereocenters. The van der Waals surface area contributed by atoms with Crippen molar-refractivity contribution in [3.63, 3.8) is 0 Å². The van der Waals surface area contributed by atoms with E-state index < -0.39 is 15.7 Å². The summed E-state index contributed by atoms with van der Waals surface area (Å²) in [6, 6.07) is 4.76. The minimum atomic E-state index is -3.74. The van der Waals surface area contributed by atoms with Crippen molar-refractivity contribution in [3.05, 3.63) is 28.2 Å². The maximum absolute atomic E-state index is 13.1. The van der Waals surface area contributed by atoms with Crippen LogP contribution in [-0.2, 0) is 14.8 Å². The lowest BCUT2D eigenvalue weighted by Crippen LogP contribution is -2.60. The number of rotatable bonds is 5. The molecule has 0 aromatic heterocycles. The van der Waals surface area contributed by atoms with Crippen molar-refractivity contribution in [2.75, 3.05) is 13.1 Å². The van der Waals surface area contributed by atoms with Gasteiger partial charge in [0.25, 0.3) is 0 Å². The molecule has 1 saturated carbocycles. The number of halogens is 2. The Morgan fingerprint density at radius 1 is 1.21 bits per heavy atom. The first-order valence-corrected chi connectivity index (χ1v) is 12.4. The van der Waals surface area contributed by atoms with Gasteiger partial charge in [-0.25, -0.2) is 8.42 Å². The maximum atomic E-state index is 13.1. The van der Waals surface area contributed by atoms with E-state index in [2.05, 4.69) is 19.2 Å². The van der Waals surface area contributed by atoms with Crippen LogP contribution in [0.1, 0.15) is 46.0 Å². The normalized spacial score (nSPS) is 25.3. The van der Waals surface area contributed by atoms with Crippen LogP contribution in [0.15, 0.2) is 23.1 Å². The number of piperidine rings is 1. The van der Waals surface area contributed by atoms with Crippen molar-refractivity contribution >= 4 is 39.1 Å². The molecule has 2 saturated heterocycles. The molecule has 4 rings (SSSR count). The quantitative estimate of drug-likeness (QED) is 0.731. The highest BCUT2D eigenvalue weighted by Gasteiger charge is 2.56. The van der Waals surface area contributed by atoms with E-state index >= 15 is 0 Å². The number of amides is 1. The number of hydrogen-bond donors (Lipinski definition) is 1. The summed E-state index contributed by atoms with van der Waals surface area (Å²) in [5.41, 5.74) is -0.443. The van der Waals surface area contributed by atoms with E-state index in [9.17, 15) is 13.2 Å². The number of carbonyl (C=O) groups excluding carboxylic acids is 1. The Hall–Kier alpha value is -0.860. The molecule has 3 fully saturated rings. The summed E-state index contributed by atoms with van der Waals surface area (Å²) in [6.45, 7) is 4.91. The zero-order chi connectivity index (χ0) is 21.0. The van der Waals surface area contributed by atoms with Gasteiger partial charge in [0.15, 0.2) is 0 Å². The van der Waals surface area contributed by atoms with Crippen LogP contribution in [0.5, 0.6) is 0 Å². The molecular formula is C20H27Cl2N3O3S. The largest absolute Gasteiger partial charge is 0.320 e. The van der Waals surface area contributed by atoms with Crippen molar-refractivity contribution in [3.8, 4) is 0 Å². The third-order valence-corrected chi connectivity index (χ3v) is 9.01. The van der Waals surface area contributed by atoms with Gasteiger partial charge < -0.3 is 4.90 Å². The van der Waals surface area contributed by atoms with Gasteiger partial charge in [-0.2, -0.15) is 4.31 Å². The highest BCUT2D eigenvalue weighted by molar-refractivity contribution is 7.89. The molecule has 1 unspecified atom stereocenters. The molecule has 1 aromatic carbocycles. The number of nitrogens with zero attached hydrogens (tertiary/aromatic N) is 2. The lowest BCUT2D eigenvalue weighted by molar-refractivity contribution is -0.134. The number of hydrogen-bond acceptors (Lipinski definition) is 4. The Kier molecular flexibility index (Phi) is 5.66. The predicted octanol–water partition coefficient (Wildman–Crippen LogP) is 3.48. The van der Waals surface area contributed by atoms with Crippen molar-refractivity contribution in [1.29, 1.82) is 0 Å². The highest BCUT2D eigenvalue weighted by atomic mass is 35.5. The molecule has 2 aliphatic heterocycles. The van der Waals surface area contributed by atoms with E-state index in [0.29, 0.717) is 31.8 Å². The average Bonchev–Trinajstić information content (AvgIpc) is 3.44. The first-order chi connectivity index (χ1) is 13.7. The number of nitrogens with one attached hydrogen (secondary N) is 1. The summed E-state index contributed by atoms with van der Waals surface area (Å²) in [5, 5.41) is 3.88. The number of benzene rings is 1. The summed E-state index contributed by atoms with van der Waals surface area (Å²) in [7, 11) is -3.74. The summed E-state index contributed by atoms with van der Waals surface area (Å²) in [5.74, 6) is 0.591. The topological polar surface area (TPSA) is 69.7 Å². The van der Waals surface area contributed by atoms with Crippen molar-refractivity contribution in [2.24, 2.45) is 5.92 Å². The minimum absolute atomic E-state index is 0.0369. The second-order valence-corrected chi connectivity index (χ2v) is 11.4. The smallest absolute Gasteiger partial charge is 0.244 e. The van der Waals surface area contributed by atoms with Crippen molar-refractivity contribution in [2.45, 2.75) is 68.6 Å². The molecule has 1 spiro atoms. The number of carbonyl (C=O) groups is 1. The predicted molar refractivity (Wildman–Crippen MR) is 113 cm³/mol. The molecule has 2 heterocycles. The summed E-state index contributed by atoms with van der Waals surface area (Å²) < 4.78 is 27.8. The fourth-order valence-corrected chi connectivity index (χ4v) is 6.81. The zero-order valence-corrected chi connectivity index (χ0v) is 19.0. The van der Waals surface area contributed by atoms with Crippen LogP contribution in [0.3, 0.4) is 0 Å². The van der Waals surface area contributed by atoms with E-state index in [-0.39, 0.29) is 32.9 Å². The number of sulfonamides is 1. The molecular weight excluding hydrogens is 433 g/mol. The molecule has 1 amide bonds. The zero-order valence-electron chi connectivity index (χ0n) is 16.7. The Morgan fingerprint density at radius 2 is 1.86 bits per heavy atom. The van der Waals surface area contributed by atoms with Gasteiger partial charge in [-0.15, -0.1) is 0 Å². The first kappa shape index (κ1) is 21.4. The molecule has 6 nitrogen and oxygen atoms in total. The van der Waals surface area contributed by atoms with Gasteiger partial charge in [0.05, 0.1) is 21.7 Å². The van der Waals surface area contributed by atoms with Gasteiger partial charge in [-0.3, -0.25) is 10.1 Å². The Bertz CT molecular complexity index is 910. The van der Waals surface area contributed by atoms with Crippen LogP contribution in [0, 0.1) is 5.92 Å². The molecule has 1 aromatic rings. The monoisotopic (exact) mass is 459 g/mol. The average molecular weight is 460 g/mol. The highest BCUT2D eigenvalue weighted by Crippen LogP contribution is 2.43. The van der Waals surface area contributed by atoms with Gasteiger partial charge in [-0.1, -0.05) is 43.1 Å². The molecule has 0 bridgehead atoms. The molecule has 1 aliphatic carbocycles. The third kappa shape index (κ3) is 3.81. The Morgan fingerprint density at radius 3 is 2.45 bits per heavy atom. The maximum Gasteiger partial charge on any atom is 0.244 e. The minimum Gasteiger partial charge on any atom is -0.320 e. The molecule has 0 radical (unpaired) electrons. The Balaban J connectivity index is 1.55. The molecule has 160 valence electrons. The van der Waals surface area contributed by atoms with Gasteiger partial charge in [0.2, 0.25) is 15.9 Å². The molecule has 9 heteroatoms. The fraction of sp³-hybridized carbons (Fsp3) is 0.650. The van der Waals surface area contributed by atoms with Crippen molar-refractivity contribution < 1.29 is 13.2 Å². The fourth-order valence-electron chi connectivity index (χ4n) is 4.63. The third-order valence-electron chi connectivity index (χ3n) is 6.14. The summed E-state index contributed by atoms with van der Waals surface area (Å²) >= 11 is 12.2. The standard InChI is InChI=1S/C20H27Cl2N3O3S/c1-13(2)12-16-19(26)25(14-6-7-14)20(23-16)8-10-24(11-9-20)29(27,28)17-5-3-4-15(21)18(17)22/h3-5,13-14,16,23H,6-12H2,1-2H3. The van der Waals surface area contributed by atoms with Crippen LogP contribution >= 0.6 is 23.2 Å². The second kappa shape index (κ2) is 7.68. The lowest BCUT2D eigenvalue weighted by Gasteiger charge is -2.44. The molecule has 3 aliphatic rings. The van der Waals surface area contributed by atoms with Crippen molar-refractivity contribution in [1.82, 2.24) is 14.5 Å². The van der Waals surface area contributed by atoms with E-state index in [1.54, 1.807) is 12.1 Å². The van der Waals surface area contributed by atoms with Gasteiger partial charge >= 0.3 is 0 Å². The van der Waals surface area contributed by atoms with Gasteiger partial charge in [0, 0.05) is 19.1 Å². The first-order valence-electron chi connectivity index (χ1n) is 10.2. The van der Waals surface area contributed by atoms with Crippen LogP contribution in [0.25, 0.3) is 0 Å². The van der Waals surface area contributed by atoms with Gasteiger partial charge in [0.1, 0.15) is 4.90 Å². The van der Waals surface area contributed by atoms with E-state index in [1.165, 1.54) is 10.4 Å². The second-order valence-electron chi connectivity index (χ2n) is 8.75. The molecule has 1 N–H and O–H groups in total. The molecule has 29 heavy (non-hydrogen) atoms. The lowest BCUT2D eigenvalue weighted by atomic mass is 9.97. The van der Waals surface area contributed by atoms with E-state index in [4.69, 9.17) is 23.2 Å². The van der Waals surface area contributed by atoms with Gasteiger partial charge in [-0.05, 0) is 50.2 Å². The van der Waals surface area contributed by atoms with Crippen LogP contribution in [0.2, 0.25) is 10.0 Å². The summed E-state index contributed by atoms with van der Waals surface area (Å²) in [4.78, 5) is 15.2. The van der Waals surface area contributed by atoms with E-state index in [0.717, 1.165) is 19.3 Å².